The molecule has 0 radical (unpaired) electrons. The highest BCUT2D eigenvalue weighted by Gasteiger charge is 2.14. The lowest BCUT2D eigenvalue weighted by Gasteiger charge is -2.28. The monoisotopic (exact) mass is 454 g/mol. The summed E-state index contributed by atoms with van der Waals surface area (Å²) in [6, 6.07) is 16.2. The van der Waals surface area contributed by atoms with Crippen LogP contribution in [0, 0.1) is 6.92 Å². The molecule has 0 saturated carbocycles. The van der Waals surface area contributed by atoms with Crippen molar-refractivity contribution in [1.29, 1.82) is 0 Å². The van der Waals surface area contributed by atoms with Crippen molar-refractivity contribution in [3.8, 4) is 16.8 Å². The van der Waals surface area contributed by atoms with Crippen molar-refractivity contribution in [2.75, 3.05) is 41.7 Å². The van der Waals surface area contributed by atoms with E-state index in [1.807, 2.05) is 37.3 Å². The van der Waals surface area contributed by atoms with Crippen molar-refractivity contribution in [3.63, 3.8) is 0 Å². The average molecular weight is 455 g/mol. The van der Waals surface area contributed by atoms with Crippen LogP contribution < -0.4 is 15.2 Å². The van der Waals surface area contributed by atoms with Crippen LogP contribution in [0.3, 0.4) is 0 Å². The molecule has 1 fully saturated rings. The Labute approximate surface area is 187 Å². The highest BCUT2D eigenvalue weighted by atomic mass is 32.2. The van der Waals surface area contributed by atoms with Crippen LogP contribution in [0.4, 0.5) is 11.4 Å². The van der Waals surface area contributed by atoms with Crippen molar-refractivity contribution in [2.24, 2.45) is 0 Å². The van der Waals surface area contributed by atoms with Gasteiger partial charge in [0.25, 0.3) is 5.56 Å². The number of aryl methyl sites for hydroxylation is 1. The molecular formula is C23H26N4O4S. The molecule has 32 heavy (non-hydrogen) atoms. The molecule has 1 aliphatic rings. The Balaban J connectivity index is 1.62. The van der Waals surface area contributed by atoms with Gasteiger partial charge in [-0.15, -0.1) is 0 Å². The SMILES string of the molecule is CCS(=O)(=O)Nc1cccc(-c2cc(=O)n(-c3ccc(N4CCOCC4)cc3)nc2C)c1. The summed E-state index contributed by atoms with van der Waals surface area (Å²) in [5.41, 5.74) is 4.01. The molecule has 1 N–H and O–H groups in total. The number of rotatable bonds is 6. The molecule has 8 nitrogen and oxygen atoms in total. The van der Waals surface area contributed by atoms with E-state index in [-0.39, 0.29) is 11.3 Å². The van der Waals surface area contributed by atoms with E-state index in [1.165, 1.54) is 10.7 Å². The summed E-state index contributed by atoms with van der Waals surface area (Å²) in [4.78, 5) is 15.1. The second-order valence-electron chi connectivity index (χ2n) is 7.60. The van der Waals surface area contributed by atoms with E-state index in [9.17, 15) is 13.2 Å². The molecule has 1 aliphatic heterocycles. The van der Waals surface area contributed by atoms with Crippen LogP contribution in [-0.2, 0) is 14.8 Å². The summed E-state index contributed by atoms with van der Waals surface area (Å²) >= 11 is 0. The van der Waals surface area contributed by atoms with E-state index in [1.54, 1.807) is 25.1 Å². The Hall–Kier alpha value is -3.17. The van der Waals surface area contributed by atoms with Gasteiger partial charge in [-0.25, -0.2) is 8.42 Å². The lowest BCUT2D eigenvalue weighted by molar-refractivity contribution is 0.122. The standard InChI is InChI=1S/C23H26N4O4S/c1-3-32(29,30)25-19-6-4-5-18(15-19)22-16-23(28)27(24-17(22)2)21-9-7-20(8-10-21)26-11-13-31-14-12-26/h4-10,15-16,25H,3,11-14H2,1-2H3. The second-order valence-corrected chi connectivity index (χ2v) is 9.61. The lowest BCUT2D eigenvalue weighted by Crippen LogP contribution is -2.36. The van der Waals surface area contributed by atoms with Gasteiger partial charge in [-0.1, -0.05) is 12.1 Å². The number of hydrogen-bond donors (Lipinski definition) is 1. The molecule has 3 aromatic rings. The molecule has 2 aromatic carbocycles. The van der Waals surface area contributed by atoms with Gasteiger partial charge in [0.1, 0.15) is 0 Å². The number of nitrogens with zero attached hydrogens (tertiary/aromatic N) is 3. The van der Waals surface area contributed by atoms with Gasteiger partial charge in [0.15, 0.2) is 0 Å². The summed E-state index contributed by atoms with van der Waals surface area (Å²) in [5, 5.41) is 4.51. The van der Waals surface area contributed by atoms with E-state index in [4.69, 9.17) is 4.74 Å². The maximum Gasteiger partial charge on any atom is 0.272 e. The first-order valence-electron chi connectivity index (χ1n) is 10.5. The lowest BCUT2D eigenvalue weighted by atomic mass is 10.0. The van der Waals surface area contributed by atoms with Crippen LogP contribution in [0.5, 0.6) is 0 Å². The summed E-state index contributed by atoms with van der Waals surface area (Å²) in [7, 11) is -3.39. The van der Waals surface area contributed by atoms with Gasteiger partial charge in [-0.05, 0) is 55.8 Å². The first-order chi connectivity index (χ1) is 15.4. The Kier molecular flexibility index (Phi) is 6.29. The molecule has 9 heteroatoms. The molecule has 1 saturated heterocycles. The minimum absolute atomic E-state index is 0.0157. The molecule has 0 amide bonds. The molecule has 1 aromatic heterocycles. The molecule has 0 aliphatic carbocycles. The van der Waals surface area contributed by atoms with Gasteiger partial charge >= 0.3 is 0 Å². The van der Waals surface area contributed by atoms with E-state index in [2.05, 4.69) is 14.7 Å². The maximum absolute atomic E-state index is 12.9. The highest BCUT2D eigenvalue weighted by Crippen LogP contribution is 2.25. The maximum atomic E-state index is 12.9. The molecule has 0 spiro atoms. The topological polar surface area (TPSA) is 93.5 Å². The predicted octanol–water partition coefficient (Wildman–Crippen LogP) is 2.81. The van der Waals surface area contributed by atoms with Crippen molar-refractivity contribution in [3.05, 3.63) is 70.6 Å². The Morgan fingerprint density at radius 2 is 1.72 bits per heavy atom. The number of nitrogens with one attached hydrogen (secondary N) is 1. The smallest absolute Gasteiger partial charge is 0.272 e. The minimum atomic E-state index is -3.39. The number of morpholine rings is 1. The first kappa shape index (κ1) is 22.0. The predicted molar refractivity (Wildman–Crippen MR) is 126 cm³/mol. The van der Waals surface area contributed by atoms with Crippen molar-refractivity contribution in [1.82, 2.24) is 9.78 Å². The van der Waals surface area contributed by atoms with Gasteiger partial charge < -0.3 is 9.64 Å². The minimum Gasteiger partial charge on any atom is -0.378 e. The molecule has 168 valence electrons. The van der Waals surface area contributed by atoms with E-state index < -0.39 is 10.0 Å². The summed E-state index contributed by atoms with van der Waals surface area (Å²) in [5.74, 6) is -0.0157. The number of hydrogen-bond acceptors (Lipinski definition) is 6. The quantitative estimate of drug-likeness (QED) is 0.616. The Bertz CT molecular complexity index is 1260. The molecule has 0 bridgehead atoms. The molecular weight excluding hydrogens is 428 g/mol. The van der Waals surface area contributed by atoms with Crippen LogP contribution >= 0.6 is 0 Å². The molecule has 2 heterocycles. The van der Waals surface area contributed by atoms with Crippen LogP contribution in [0.2, 0.25) is 0 Å². The van der Waals surface area contributed by atoms with Crippen molar-refractivity contribution in [2.45, 2.75) is 13.8 Å². The van der Waals surface area contributed by atoms with Crippen LogP contribution in [0.1, 0.15) is 12.6 Å². The van der Waals surface area contributed by atoms with Crippen LogP contribution in [0.15, 0.2) is 59.4 Å². The van der Waals surface area contributed by atoms with E-state index in [0.29, 0.717) is 35.8 Å². The number of benzene rings is 2. The molecule has 0 unspecified atom stereocenters. The van der Waals surface area contributed by atoms with Crippen molar-refractivity contribution >= 4 is 21.4 Å². The van der Waals surface area contributed by atoms with Crippen LogP contribution in [-0.4, -0.2) is 50.3 Å². The zero-order chi connectivity index (χ0) is 22.7. The Morgan fingerprint density at radius 1 is 1.03 bits per heavy atom. The number of ether oxygens (including phenoxy) is 1. The fourth-order valence-corrected chi connectivity index (χ4v) is 4.28. The fourth-order valence-electron chi connectivity index (χ4n) is 3.65. The molecule has 4 rings (SSSR count). The highest BCUT2D eigenvalue weighted by molar-refractivity contribution is 7.92. The zero-order valence-electron chi connectivity index (χ0n) is 18.1. The summed E-state index contributed by atoms with van der Waals surface area (Å²) in [6.45, 7) is 6.52. The third-order valence-electron chi connectivity index (χ3n) is 5.41. The van der Waals surface area contributed by atoms with Gasteiger partial charge in [-0.3, -0.25) is 9.52 Å². The first-order valence-corrected chi connectivity index (χ1v) is 12.2. The van der Waals surface area contributed by atoms with E-state index >= 15 is 0 Å². The van der Waals surface area contributed by atoms with Gasteiger partial charge in [0, 0.05) is 36.1 Å². The van der Waals surface area contributed by atoms with Gasteiger partial charge in [-0.2, -0.15) is 9.78 Å². The van der Waals surface area contributed by atoms with Crippen LogP contribution in [0.25, 0.3) is 16.8 Å². The number of aromatic nitrogens is 2. The summed E-state index contributed by atoms with van der Waals surface area (Å²) < 4.78 is 33.1. The largest absolute Gasteiger partial charge is 0.378 e. The average Bonchev–Trinajstić information content (AvgIpc) is 2.81. The van der Waals surface area contributed by atoms with Crippen molar-refractivity contribution < 1.29 is 13.2 Å². The third-order valence-corrected chi connectivity index (χ3v) is 6.72. The molecule has 0 atom stereocenters. The van der Waals surface area contributed by atoms with E-state index in [0.717, 1.165) is 24.3 Å². The Morgan fingerprint density at radius 3 is 2.41 bits per heavy atom. The fraction of sp³-hybridized carbons (Fsp3) is 0.304. The number of anilines is 2. The third kappa shape index (κ3) is 4.84. The van der Waals surface area contributed by atoms with Gasteiger partial charge in [0.2, 0.25) is 10.0 Å². The second kappa shape index (κ2) is 9.13. The summed E-state index contributed by atoms with van der Waals surface area (Å²) in [6.07, 6.45) is 0. The zero-order valence-corrected chi connectivity index (χ0v) is 18.9. The normalized spacial score (nSPS) is 14.4. The van der Waals surface area contributed by atoms with Gasteiger partial charge in [0.05, 0.1) is 30.3 Å². The number of sulfonamides is 1.